The van der Waals surface area contributed by atoms with Crippen molar-refractivity contribution < 1.29 is 27.3 Å². The van der Waals surface area contributed by atoms with Gasteiger partial charge in [0, 0.05) is 0 Å². The Morgan fingerprint density at radius 3 is 2.50 bits per heavy atom. The Hall–Kier alpha value is -2.45. The van der Waals surface area contributed by atoms with Crippen LogP contribution in [0.25, 0.3) is 10.8 Å². The maximum atomic E-state index is 12.3. The van der Waals surface area contributed by atoms with Gasteiger partial charge < -0.3 is 10.1 Å². The summed E-state index contributed by atoms with van der Waals surface area (Å²) in [5, 5.41) is 4.52. The SMILES string of the molecule is CCOC(=O)[C@H](CCS(=O)(=O)O)NC(=O)Cc1ccc2ccccc2c1. The normalized spacial score (nSPS) is 12.5. The van der Waals surface area contributed by atoms with Crippen molar-refractivity contribution in [1.82, 2.24) is 5.32 Å². The maximum Gasteiger partial charge on any atom is 0.328 e. The van der Waals surface area contributed by atoms with E-state index < -0.39 is 33.8 Å². The van der Waals surface area contributed by atoms with Gasteiger partial charge in [-0.05, 0) is 29.7 Å². The number of esters is 1. The van der Waals surface area contributed by atoms with E-state index in [2.05, 4.69) is 5.32 Å². The fourth-order valence-electron chi connectivity index (χ4n) is 2.54. The Labute approximate surface area is 152 Å². The van der Waals surface area contributed by atoms with Gasteiger partial charge in [0.1, 0.15) is 6.04 Å². The van der Waals surface area contributed by atoms with E-state index in [4.69, 9.17) is 9.29 Å². The molecule has 0 spiro atoms. The number of carbonyl (C=O) groups is 2. The van der Waals surface area contributed by atoms with Crippen LogP contribution in [0.3, 0.4) is 0 Å². The molecule has 2 aromatic carbocycles. The zero-order valence-electron chi connectivity index (χ0n) is 14.3. The predicted octanol–water partition coefficient (Wildman–Crippen LogP) is 1.71. The number of rotatable bonds is 8. The van der Waals surface area contributed by atoms with Gasteiger partial charge in [-0.15, -0.1) is 0 Å². The molecule has 0 aliphatic heterocycles. The molecule has 0 fully saturated rings. The van der Waals surface area contributed by atoms with E-state index in [1.54, 1.807) is 6.92 Å². The Morgan fingerprint density at radius 2 is 1.85 bits per heavy atom. The van der Waals surface area contributed by atoms with Crippen molar-refractivity contribution in [1.29, 1.82) is 0 Å². The third kappa shape index (κ3) is 6.12. The maximum absolute atomic E-state index is 12.3. The monoisotopic (exact) mass is 379 g/mol. The van der Waals surface area contributed by atoms with E-state index in [1.165, 1.54) is 0 Å². The highest BCUT2D eigenvalue weighted by Gasteiger charge is 2.24. The number of nitrogens with one attached hydrogen (secondary N) is 1. The van der Waals surface area contributed by atoms with Crippen LogP contribution < -0.4 is 5.32 Å². The lowest BCUT2D eigenvalue weighted by molar-refractivity contribution is -0.147. The minimum atomic E-state index is -4.25. The summed E-state index contributed by atoms with van der Waals surface area (Å²) in [4.78, 5) is 24.2. The van der Waals surface area contributed by atoms with Crippen LogP contribution in [0.1, 0.15) is 18.9 Å². The van der Waals surface area contributed by atoms with Crippen LogP contribution in [0.15, 0.2) is 42.5 Å². The summed E-state index contributed by atoms with van der Waals surface area (Å²) in [6.45, 7) is 1.70. The van der Waals surface area contributed by atoms with Gasteiger partial charge in [-0.3, -0.25) is 9.35 Å². The van der Waals surface area contributed by atoms with Crippen LogP contribution in [-0.2, 0) is 30.9 Å². The average molecular weight is 379 g/mol. The standard InChI is InChI=1S/C18H21NO6S/c1-2-25-18(21)16(9-10-26(22,23)24)19-17(20)12-13-7-8-14-5-3-4-6-15(14)11-13/h3-8,11,16H,2,9-10,12H2,1H3,(H,19,20)(H,22,23,24)/t16-/m0/s1. The number of hydrogen-bond acceptors (Lipinski definition) is 5. The van der Waals surface area contributed by atoms with Gasteiger partial charge in [-0.25, -0.2) is 4.79 Å². The molecule has 0 bridgehead atoms. The third-order valence-corrected chi connectivity index (χ3v) is 4.50. The summed E-state index contributed by atoms with van der Waals surface area (Å²) in [6.07, 6.45) is -0.228. The smallest absolute Gasteiger partial charge is 0.328 e. The lowest BCUT2D eigenvalue weighted by Crippen LogP contribution is -2.43. The van der Waals surface area contributed by atoms with Gasteiger partial charge in [0.05, 0.1) is 18.8 Å². The molecular formula is C18H21NO6S. The lowest BCUT2D eigenvalue weighted by Gasteiger charge is -2.16. The molecule has 0 saturated heterocycles. The molecule has 140 valence electrons. The Kier molecular flexibility index (Phi) is 6.70. The van der Waals surface area contributed by atoms with Gasteiger partial charge in [0.2, 0.25) is 5.91 Å². The largest absolute Gasteiger partial charge is 0.464 e. The Bertz CT molecular complexity index is 893. The van der Waals surface area contributed by atoms with E-state index in [1.807, 2.05) is 42.5 Å². The number of benzene rings is 2. The fourth-order valence-corrected chi connectivity index (χ4v) is 3.07. The van der Waals surface area contributed by atoms with Gasteiger partial charge >= 0.3 is 5.97 Å². The average Bonchev–Trinajstić information content (AvgIpc) is 2.58. The van der Waals surface area contributed by atoms with Crippen molar-refractivity contribution in [3.05, 3.63) is 48.0 Å². The van der Waals surface area contributed by atoms with Crippen molar-refractivity contribution in [2.24, 2.45) is 0 Å². The summed E-state index contributed by atoms with van der Waals surface area (Å²) >= 11 is 0. The lowest BCUT2D eigenvalue weighted by atomic mass is 10.0. The topological polar surface area (TPSA) is 110 Å². The fraction of sp³-hybridized carbons (Fsp3) is 0.333. The highest BCUT2D eigenvalue weighted by Crippen LogP contribution is 2.16. The summed E-state index contributed by atoms with van der Waals surface area (Å²) in [5.74, 6) is -1.82. The molecule has 0 aliphatic carbocycles. The summed E-state index contributed by atoms with van der Waals surface area (Å²) in [5.41, 5.74) is 0.763. The van der Waals surface area contributed by atoms with E-state index >= 15 is 0 Å². The van der Waals surface area contributed by atoms with Crippen LogP contribution in [-0.4, -0.2) is 43.2 Å². The molecule has 1 atom stereocenters. The molecule has 8 heteroatoms. The first kappa shape index (κ1) is 19.9. The second-order valence-corrected chi connectivity index (χ2v) is 7.38. The second kappa shape index (κ2) is 8.77. The van der Waals surface area contributed by atoms with Crippen LogP contribution in [0.4, 0.5) is 0 Å². The first-order valence-electron chi connectivity index (χ1n) is 8.17. The summed E-state index contributed by atoms with van der Waals surface area (Å²) in [6, 6.07) is 12.2. The summed E-state index contributed by atoms with van der Waals surface area (Å²) in [7, 11) is -4.25. The van der Waals surface area contributed by atoms with Crippen molar-refractivity contribution in [2.45, 2.75) is 25.8 Å². The molecule has 0 heterocycles. The molecule has 2 rings (SSSR count). The zero-order chi connectivity index (χ0) is 19.2. The second-order valence-electron chi connectivity index (χ2n) is 5.81. The first-order valence-corrected chi connectivity index (χ1v) is 9.78. The van der Waals surface area contributed by atoms with Crippen LogP contribution in [0, 0.1) is 0 Å². The van der Waals surface area contributed by atoms with Crippen molar-refractivity contribution in [3.8, 4) is 0 Å². The molecular weight excluding hydrogens is 358 g/mol. The van der Waals surface area contributed by atoms with Crippen LogP contribution in [0.5, 0.6) is 0 Å². The predicted molar refractivity (Wildman–Crippen MR) is 97.2 cm³/mol. The minimum Gasteiger partial charge on any atom is -0.464 e. The zero-order valence-corrected chi connectivity index (χ0v) is 15.2. The molecule has 0 aliphatic rings. The van der Waals surface area contributed by atoms with Gasteiger partial charge in [0.25, 0.3) is 10.1 Å². The Morgan fingerprint density at radius 1 is 1.15 bits per heavy atom. The molecule has 2 aromatic rings. The number of fused-ring (bicyclic) bond motifs is 1. The Balaban J connectivity index is 2.05. The molecule has 0 radical (unpaired) electrons. The quantitative estimate of drug-likeness (QED) is 0.534. The first-order chi connectivity index (χ1) is 12.3. The minimum absolute atomic E-state index is 0.0343. The van der Waals surface area contributed by atoms with Gasteiger partial charge in [0.15, 0.2) is 0 Å². The van der Waals surface area contributed by atoms with Gasteiger partial charge in [-0.2, -0.15) is 8.42 Å². The number of ether oxygens (including phenoxy) is 1. The number of amides is 1. The molecule has 2 N–H and O–H groups in total. The van der Waals surface area contributed by atoms with Crippen LogP contribution >= 0.6 is 0 Å². The highest BCUT2D eigenvalue weighted by molar-refractivity contribution is 7.85. The molecule has 1 amide bonds. The van der Waals surface area contributed by atoms with Crippen molar-refractivity contribution in [3.63, 3.8) is 0 Å². The van der Waals surface area contributed by atoms with E-state index in [0.717, 1.165) is 16.3 Å². The van der Waals surface area contributed by atoms with E-state index in [-0.39, 0.29) is 19.4 Å². The molecule has 0 aromatic heterocycles. The van der Waals surface area contributed by atoms with Gasteiger partial charge in [-0.1, -0.05) is 42.5 Å². The molecule has 26 heavy (non-hydrogen) atoms. The molecule has 7 nitrogen and oxygen atoms in total. The molecule has 0 unspecified atom stereocenters. The highest BCUT2D eigenvalue weighted by atomic mass is 32.2. The number of carbonyl (C=O) groups excluding carboxylic acids is 2. The van der Waals surface area contributed by atoms with Crippen LogP contribution in [0.2, 0.25) is 0 Å². The van der Waals surface area contributed by atoms with Crippen molar-refractivity contribution >= 4 is 32.8 Å². The van der Waals surface area contributed by atoms with E-state index in [9.17, 15) is 18.0 Å². The third-order valence-electron chi connectivity index (χ3n) is 3.75. The molecule has 0 saturated carbocycles. The van der Waals surface area contributed by atoms with E-state index in [0.29, 0.717) is 0 Å². The van der Waals surface area contributed by atoms with Crippen molar-refractivity contribution in [2.75, 3.05) is 12.4 Å². The number of hydrogen-bond donors (Lipinski definition) is 2. The summed E-state index contributed by atoms with van der Waals surface area (Å²) < 4.78 is 35.5.